The molecular weight excluding hydrogens is 282 g/mol. The van der Waals surface area contributed by atoms with Crippen molar-refractivity contribution in [3.63, 3.8) is 0 Å². The molecule has 3 heteroatoms. The van der Waals surface area contributed by atoms with Crippen LogP contribution in [0.15, 0.2) is 30.5 Å². The minimum Gasteiger partial charge on any atom is -0.321 e. The molecule has 0 amide bonds. The van der Waals surface area contributed by atoms with Crippen molar-refractivity contribution in [3.05, 3.63) is 41.7 Å². The van der Waals surface area contributed by atoms with Crippen LogP contribution in [0.3, 0.4) is 0 Å². The number of pyridine rings is 1. The van der Waals surface area contributed by atoms with Gasteiger partial charge in [-0.2, -0.15) is 0 Å². The Bertz CT molecular complexity index is 642. The quantitative estimate of drug-likeness (QED) is 0.856. The van der Waals surface area contributed by atoms with E-state index in [1.807, 2.05) is 0 Å². The molecule has 0 unspecified atom stereocenters. The molecule has 0 saturated carbocycles. The summed E-state index contributed by atoms with van der Waals surface area (Å²) in [5.74, 6) is 0. The Balaban J connectivity index is 1.71. The number of piperazine rings is 1. The Hall–Kier alpha value is -1.32. The molecule has 0 atom stereocenters. The van der Waals surface area contributed by atoms with E-state index in [9.17, 15) is 0 Å². The van der Waals surface area contributed by atoms with Crippen LogP contribution >= 0.6 is 0 Å². The van der Waals surface area contributed by atoms with Crippen molar-refractivity contribution in [1.29, 1.82) is 0 Å². The van der Waals surface area contributed by atoms with Crippen LogP contribution in [0.1, 0.15) is 38.4 Å². The number of aromatic nitrogens is 1. The first-order valence-electron chi connectivity index (χ1n) is 8.95. The third-order valence-corrected chi connectivity index (χ3v) is 5.08. The van der Waals surface area contributed by atoms with Gasteiger partial charge in [-0.15, -0.1) is 0 Å². The summed E-state index contributed by atoms with van der Waals surface area (Å²) in [4.78, 5) is 5.04. The summed E-state index contributed by atoms with van der Waals surface area (Å²) in [6.45, 7) is 13.1. The smallest absolute Gasteiger partial charge is 0.0455 e. The van der Waals surface area contributed by atoms with E-state index in [1.54, 1.807) is 0 Å². The van der Waals surface area contributed by atoms with Crippen molar-refractivity contribution in [2.24, 2.45) is 0 Å². The van der Waals surface area contributed by atoms with Gasteiger partial charge in [0.05, 0.1) is 0 Å². The highest BCUT2D eigenvalue weighted by molar-refractivity contribution is 5.55. The lowest BCUT2D eigenvalue weighted by atomic mass is 9.86. The van der Waals surface area contributed by atoms with Gasteiger partial charge < -0.3 is 14.2 Å². The maximum atomic E-state index is 2.62. The fourth-order valence-electron chi connectivity index (χ4n) is 3.63. The van der Waals surface area contributed by atoms with Gasteiger partial charge in [0.25, 0.3) is 0 Å². The summed E-state index contributed by atoms with van der Waals surface area (Å²) in [6, 6.07) is 8.88. The number of aryl methyl sites for hydroxylation is 1. The highest BCUT2D eigenvalue weighted by Crippen LogP contribution is 2.30. The van der Waals surface area contributed by atoms with E-state index < -0.39 is 0 Å². The maximum Gasteiger partial charge on any atom is 0.0455 e. The van der Waals surface area contributed by atoms with Crippen molar-refractivity contribution in [2.45, 2.75) is 39.0 Å². The first-order valence-corrected chi connectivity index (χ1v) is 8.95. The monoisotopic (exact) mass is 313 g/mol. The van der Waals surface area contributed by atoms with E-state index in [2.05, 4.69) is 72.5 Å². The number of hydrogen-bond acceptors (Lipinski definition) is 2. The lowest BCUT2D eigenvalue weighted by Crippen LogP contribution is -2.44. The minimum atomic E-state index is 0.204. The predicted octanol–water partition coefficient (Wildman–Crippen LogP) is 3.42. The predicted molar refractivity (Wildman–Crippen MR) is 98.4 cm³/mol. The van der Waals surface area contributed by atoms with Gasteiger partial charge >= 0.3 is 0 Å². The number of likely N-dealkylation sites (N-methyl/N-ethyl adjacent to an activating group) is 1. The second kappa shape index (κ2) is 6.66. The summed E-state index contributed by atoms with van der Waals surface area (Å²) in [6.07, 6.45) is 4.63. The lowest BCUT2D eigenvalue weighted by molar-refractivity contribution is 0.153. The second-order valence-electron chi connectivity index (χ2n) is 8.00. The molecule has 0 N–H and O–H groups in total. The van der Waals surface area contributed by atoms with E-state index in [1.165, 1.54) is 55.9 Å². The van der Waals surface area contributed by atoms with Gasteiger partial charge in [0.15, 0.2) is 0 Å². The summed E-state index contributed by atoms with van der Waals surface area (Å²) >= 11 is 0. The molecule has 3 nitrogen and oxygen atoms in total. The highest BCUT2D eigenvalue weighted by atomic mass is 15.2. The van der Waals surface area contributed by atoms with Crippen molar-refractivity contribution >= 4 is 5.52 Å². The van der Waals surface area contributed by atoms with Gasteiger partial charge in [0.2, 0.25) is 0 Å². The van der Waals surface area contributed by atoms with Gasteiger partial charge in [-0.1, -0.05) is 26.8 Å². The number of rotatable bonds is 4. The van der Waals surface area contributed by atoms with Crippen LogP contribution in [0, 0.1) is 0 Å². The first-order chi connectivity index (χ1) is 10.9. The molecule has 3 heterocycles. The number of hydrogen-bond donors (Lipinski definition) is 0. The van der Waals surface area contributed by atoms with Gasteiger partial charge in [-0.25, -0.2) is 0 Å². The van der Waals surface area contributed by atoms with Crippen molar-refractivity contribution in [2.75, 3.05) is 39.8 Å². The zero-order chi connectivity index (χ0) is 16.4. The standard InChI is InChI=1S/C20H31N3/c1-20(2,3)18-16-17-8-5-6-11-23(17)19(18)9-7-10-22-14-12-21(4)13-15-22/h5-6,8,11,16H,7,9-10,12-15H2,1-4H3. The van der Waals surface area contributed by atoms with Gasteiger partial charge in [0, 0.05) is 43.6 Å². The van der Waals surface area contributed by atoms with E-state index in [-0.39, 0.29) is 5.41 Å². The number of fused-ring (bicyclic) bond motifs is 1. The van der Waals surface area contributed by atoms with Crippen LogP contribution in [0.25, 0.3) is 5.52 Å². The Morgan fingerprint density at radius 2 is 1.78 bits per heavy atom. The average Bonchev–Trinajstić information content (AvgIpc) is 2.89. The Morgan fingerprint density at radius 1 is 1.04 bits per heavy atom. The zero-order valence-electron chi connectivity index (χ0n) is 15.2. The molecule has 1 aliphatic rings. The molecule has 0 aromatic carbocycles. The van der Waals surface area contributed by atoms with Crippen molar-refractivity contribution in [1.82, 2.24) is 14.2 Å². The van der Waals surface area contributed by atoms with Crippen LogP contribution in [0.4, 0.5) is 0 Å². The Kier molecular flexibility index (Phi) is 4.79. The second-order valence-corrected chi connectivity index (χ2v) is 8.00. The summed E-state index contributed by atoms with van der Waals surface area (Å²) in [5, 5.41) is 0. The largest absolute Gasteiger partial charge is 0.321 e. The molecule has 126 valence electrons. The van der Waals surface area contributed by atoms with Gasteiger partial charge in [-0.3, -0.25) is 0 Å². The molecular formula is C20H31N3. The van der Waals surface area contributed by atoms with E-state index in [4.69, 9.17) is 0 Å². The third-order valence-electron chi connectivity index (χ3n) is 5.08. The summed E-state index contributed by atoms with van der Waals surface area (Å²) in [7, 11) is 2.22. The average molecular weight is 313 g/mol. The molecule has 0 bridgehead atoms. The van der Waals surface area contributed by atoms with Crippen LogP contribution in [-0.4, -0.2) is 54.0 Å². The molecule has 2 aromatic rings. The first kappa shape index (κ1) is 16.5. The molecule has 0 aliphatic carbocycles. The molecule has 1 saturated heterocycles. The van der Waals surface area contributed by atoms with Crippen LogP contribution in [0.2, 0.25) is 0 Å². The fourth-order valence-corrected chi connectivity index (χ4v) is 3.63. The molecule has 0 spiro atoms. The molecule has 1 aliphatic heterocycles. The Morgan fingerprint density at radius 3 is 2.48 bits per heavy atom. The van der Waals surface area contributed by atoms with Crippen molar-refractivity contribution < 1.29 is 0 Å². The molecule has 2 aromatic heterocycles. The van der Waals surface area contributed by atoms with Crippen LogP contribution in [0.5, 0.6) is 0 Å². The minimum absolute atomic E-state index is 0.204. The fraction of sp³-hybridized carbons (Fsp3) is 0.600. The van der Waals surface area contributed by atoms with E-state index >= 15 is 0 Å². The van der Waals surface area contributed by atoms with Crippen molar-refractivity contribution in [3.8, 4) is 0 Å². The Labute approximate surface area is 140 Å². The maximum absolute atomic E-state index is 2.62. The van der Waals surface area contributed by atoms with Gasteiger partial charge in [-0.05, 0) is 55.6 Å². The molecule has 3 rings (SSSR count). The summed E-state index contributed by atoms with van der Waals surface area (Å²) in [5.41, 5.74) is 4.53. The highest BCUT2D eigenvalue weighted by Gasteiger charge is 2.21. The van der Waals surface area contributed by atoms with Crippen LogP contribution < -0.4 is 0 Å². The molecule has 0 radical (unpaired) electrons. The zero-order valence-corrected chi connectivity index (χ0v) is 15.2. The number of nitrogens with zero attached hydrogens (tertiary/aromatic N) is 3. The SMILES string of the molecule is CN1CCN(CCCc2c(C(C)(C)C)cc3ccccn23)CC1. The topological polar surface area (TPSA) is 10.9 Å². The molecule has 23 heavy (non-hydrogen) atoms. The molecule has 1 fully saturated rings. The van der Waals surface area contributed by atoms with Gasteiger partial charge in [0.1, 0.15) is 0 Å². The third kappa shape index (κ3) is 3.78. The van der Waals surface area contributed by atoms with E-state index in [0.717, 1.165) is 6.42 Å². The lowest BCUT2D eigenvalue weighted by Gasteiger charge is -2.32. The van der Waals surface area contributed by atoms with E-state index in [0.29, 0.717) is 0 Å². The summed E-state index contributed by atoms with van der Waals surface area (Å²) < 4.78 is 2.39. The normalized spacial score (nSPS) is 17.9. The van der Waals surface area contributed by atoms with Crippen LogP contribution in [-0.2, 0) is 11.8 Å².